The van der Waals surface area contributed by atoms with Gasteiger partial charge in [-0.15, -0.1) is 0 Å². The molecule has 18 heavy (non-hydrogen) atoms. The largest absolute Gasteiger partial charge is 0.352 e. The monoisotopic (exact) mass is 250 g/mol. The van der Waals surface area contributed by atoms with Crippen molar-refractivity contribution in [2.45, 2.75) is 69.9 Å². The highest BCUT2D eigenvalue weighted by molar-refractivity contribution is 5.79. The van der Waals surface area contributed by atoms with Crippen molar-refractivity contribution in [2.24, 2.45) is 22.7 Å². The molecule has 0 atom stereocenters. The summed E-state index contributed by atoms with van der Waals surface area (Å²) < 4.78 is 0. The van der Waals surface area contributed by atoms with Crippen LogP contribution in [0.3, 0.4) is 0 Å². The topological polar surface area (TPSA) is 62.4 Å². The lowest BCUT2D eigenvalue weighted by atomic mass is 9.96. The van der Waals surface area contributed by atoms with Crippen molar-refractivity contribution >= 4 is 5.96 Å². The van der Waals surface area contributed by atoms with E-state index in [9.17, 15) is 0 Å². The highest BCUT2D eigenvalue weighted by atomic mass is 15.3. The molecule has 0 spiro atoms. The Balaban J connectivity index is 1.57. The summed E-state index contributed by atoms with van der Waals surface area (Å²) in [5, 5.41) is 3.59. The Bertz CT molecular complexity index is 289. The van der Waals surface area contributed by atoms with Crippen molar-refractivity contribution in [3.8, 4) is 0 Å². The molecule has 0 radical (unpaired) electrons. The summed E-state index contributed by atoms with van der Waals surface area (Å²) in [6, 6.07) is 1.11. The molecule has 3 aliphatic carbocycles. The average Bonchev–Trinajstić information content (AvgIpc) is 3.29. The maximum absolute atomic E-state index is 5.64. The van der Waals surface area contributed by atoms with E-state index in [-0.39, 0.29) is 0 Å². The number of nitrogens with two attached hydrogens (primary N) is 1. The first-order valence-electron chi connectivity index (χ1n) is 7.68. The number of hydrazine groups is 1. The number of aliphatic imine (C=N–C) groups is 1. The van der Waals surface area contributed by atoms with Crippen LogP contribution in [-0.4, -0.2) is 18.0 Å². The van der Waals surface area contributed by atoms with Gasteiger partial charge in [-0.1, -0.05) is 19.3 Å². The summed E-state index contributed by atoms with van der Waals surface area (Å²) in [5.74, 6) is 8.23. The molecule has 3 rings (SSSR count). The van der Waals surface area contributed by atoms with Crippen LogP contribution in [0.1, 0.15) is 57.8 Å². The Kier molecular flexibility index (Phi) is 3.73. The minimum Gasteiger partial charge on any atom is -0.352 e. The van der Waals surface area contributed by atoms with Gasteiger partial charge in [0.2, 0.25) is 5.96 Å². The van der Waals surface area contributed by atoms with Gasteiger partial charge in [0.25, 0.3) is 0 Å². The summed E-state index contributed by atoms with van der Waals surface area (Å²) in [6.07, 6.45) is 12.0. The maximum atomic E-state index is 5.64. The van der Waals surface area contributed by atoms with Crippen LogP contribution >= 0.6 is 0 Å². The number of hydrogen-bond acceptors (Lipinski definition) is 2. The molecule has 0 aromatic rings. The molecule has 102 valence electrons. The van der Waals surface area contributed by atoms with Gasteiger partial charge in [-0.05, 0) is 50.4 Å². The lowest BCUT2D eigenvalue weighted by molar-refractivity contribution is 0.434. The zero-order valence-electron chi connectivity index (χ0n) is 11.2. The fourth-order valence-electron chi connectivity index (χ4n) is 3.20. The van der Waals surface area contributed by atoms with Crippen molar-refractivity contribution in [1.29, 1.82) is 0 Å². The van der Waals surface area contributed by atoms with Gasteiger partial charge in [-0.3, -0.25) is 5.43 Å². The van der Waals surface area contributed by atoms with Crippen molar-refractivity contribution < 1.29 is 0 Å². The average molecular weight is 250 g/mol. The molecule has 0 aliphatic heterocycles. The van der Waals surface area contributed by atoms with Crippen LogP contribution in [0.15, 0.2) is 4.99 Å². The summed E-state index contributed by atoms with van der Waals surface area (Å²) in [4.78, 5) is 4.78. The molecule has 4 N–H and O–H groups in total. The SMILES string of the molecule is NNC(=NC1CCCCC1)NC(C1CC1)C1CC1. The van der Waals surface area contributed by atoms with E-state index >= 15 is 0 Å². The summed E-state index contributed by atoms with van der Waals surface area (Å²) in [6.45, 7) is 0. The first-order valence-corrected chi connectivity index (χ1v) is 7.68. The molecule has 0 aromatic heterocycles. The molecular formula is C14H26N4. The van der Waals surface area contributed by atoms with E-state index in [0.29, 0.717) is 12.1 Å². The molecule has 4 heteroatoms. The minimum absolute atomic E-state index is 0.483. The van der Waals surface area contributed by atoms with Gasteiger partial charge in [0.15, 0.2) is 0 Å². The number of rotatable bonds is 4. The Morgan fingerprint density at radius 2 is 1.56 bits per heavy atom. The predicted molar refractivity (Wildman–Crippen MR) is 74.0 cm³/mol. The van der Waals surface area contributed by atoms with E-state index in [1.807, 2.05) is 0 Å². The van der Waals surface area contributed by atoms with Gasteiger partial charge in [0, 0.05) is 6.04 Å². The van der Waals surface area contributed by atoms with E-state index in [4.69, 9.17) is 10.8 Å². The van der Waals surface area contributed by atoms with Gasteiger partial charge >= 0.3 is 0 Å². The molecule has 0 heterocycles. The fourth-order valence-corrected chi connectivity index (χ4v) is 3.20. The quantitative estimate of drug-likeness (QED) is 0.309. The van der Waals surface area contributed by atoms with Crippen LogP contribution in [0, 0.1) is 11.8 Å². The number of guanidine groups is 1. The van der Waals surface area contributed by atoms with Crippen LogP contribution in [0.5, 0.6) is 0 Å². The standard InChI is InChI=1S/C14H26N4/c15-18-14(16-12-4-2-1-3-5-12)17-13(10-6-7-10)11-8-9-11/h10-13H,1-9,15H2,(H2,16,17,18). The smallest absolute Gasteiger partial charge is 0.206 e. The van der Waals surface area contributed by atoms with E-state index < -0.39 is 0 Å². The first kappa shape index (κ1) is 12.3. The second kappa shape index (κ2) is 5.47. The van der Waals surface area contributed by atoms with Crippen LogP contribution in [-0.2, 0) is 0 Å². The van der Waals surface area contributed by atoms with Gasteiger partial charge in [0.1, 0.15) is 0 Å². The summed E-state index contributed by atoms with van der Waals surface area (Å²) in [5.41, 5.74) is 2.78. The van der Waals surface area contributed by atoms with Gasteiger partial charge in [0.05, 0.1) is 6.04 Å². The van der Waals surface area contributed by atoms with Crippen molar-refractivity contribution in [3.63, 3.8) is 0 Å². The lowest BCUT2D eigenvalue weighted by Crippen LogP contribution is -2.48. The molecule has 0 aromatic carbocycles. The van der Waals surface area contributed by atoms with E-state index in [0.717, 1.165) is 17.8 Å². The third-order valence-corrected chi connectivity index (χ3v) is 4.59. The maximum Gasteiger partial charge on any atom is 0.206 e. The third-order valence-electron chi connectivity index (χ3n) is 4.59. The van der Waals surface area contributed by atoms with Gasteiger partial charge in [-0.25, -0.2) is 10.8 Å². The molecule has 3 fully saturated rings. The van der Waals surface area contributed by atoms with Gasteiger partial charge in [-0.2, -0.15) is 0 Å². The number of nitrogens with zero attached hydrogens (tertiary/aromatic N) is 1. The van der Waals surface area contributed by atoms with E-state index in [1.165, 1.54) is 57.8 Å². The Morgan fingerprint density at radius 3 is 2.06 bits per heavy atom. The molecule has 0 bridgehead atoms. The molecule has 0 saturated heterocycles. The minimum atomic E-state index is 0.483. The summed E-state index contributed by atoms with van der Waals surface area (Å²) >= 11 is 0. The summed E-state index contributed by atoms with van der Waals surface area (Å²) in [7, 11) is 0. The zero-order chi connectivity index (χ0) is 12.4. The van der Waals surface area contributed by atoms with Crippen molar-refractivity contribution in [3.05, 3.63) is 0 Å². The molecule has 0 amide bonds. The first-order chi connectivity index (χ1) is 8.86. The molecule has 0 unspecified atom stereocenters. The lowest BCUT2D eigenvalue weighted by Gasteiger charge is -2.23. The predicted octanol–water partition coefficient (Wildman–Crippen LogP) is 1.92. The molecule has 3 aliphatic rings. The second-order valence-corrected chi connectivity index (χ2v) is 6.26. The van der Waals surface area contributed by atoms with Crippen LogP contribution < -0.4 is 16.6 Å². The molecular weight excluding hydrogens is 224 g/mol. The Labute approximate surface area is 110 Å². The fraction of sp³-hybridized carbons (Fsp3) is 0.929. The number of nitrogens with one attached hydrogen (secondary N) is 2. The normalized spacial score (nSPS) is 26.4. The highest BCUT2D eigenvalue weighted by Crippen LogP contribution is 2.44. The van der Waals surface area contributed by atoms with Crippen LogP contribution in [0.2, 0.25) is 0 Å². The van der Waals surface area contributed by atoms with E-state index in [1.54, 1.807) is 0 Å². The third kappa shape index (κ3) is 3.16. The highest BCUT2D eigenvalue weighted by Gasteiger charge is 2.41. The Hall–Kier alpha value is -0.770. The Morgan fingerprint density at radius 1 is 0.944 bits per heavy atom. The van der Waals surface area contributed by atoms with E-state index in [2.05, 4.69) is 10.7 Å². The van der Waals surface area contributed by atoms with Crippen LogP contribution in [0.4, 0.5) is 0 Å². The second-order valence-electron chi connectivity index (χ2n) is 6.26. The molecule has 4 nitrogen and oxygen atoms in total. The van der Waals surface area contributed by atoms with Crippen molar-refractivity contribution in [2.75, 3.05) is 0 Å². The molecule has 3 saturated carbocycles. The van der Waals surface area contributed by atoms with Gasteiger partial charge < -0.3 is 5.32 Å². The van der Waals surface area contributed by atoms with Crippen molar-refractivity contribution in [1.82, 2.24) is 10.7 Å². The zero-order valence-corrected chi connectivity index (χ0v) is 11.2. The van der Waals surface area contributed by atoms with Crippen LogP contribution in [0.25, 0.3) is 0 Å². The number of hydrogen-bond donors (Lipinski definition) is 3.